The molecule has 0 aromatic heterocycles. The lowest BCUT2D eigenvalue weighted by atomic mass is 9.96. The van der Waals surface area contributed by atoms with E-state index in [1.165, 1.54) is 6.07 Å². The Morgan fingerprint density at radius 3 is 2.85 bits per heavy atom. The maximum absolute atomic E-state index is 13.4. The minimum Gasteiger partial charge on any atom is -0.374 e. The Morgan fingerprint density at radius 2 is 2.20 bits per heavy atom. The van der Waals surface area contributed by atoms with E-state index in [2.05, 4.69) is 19.2 Å². The van der Waals surface area contributed by atoms with E-state index in [4.69, 9.17) is 4.74 Å². The predicted molar refractivity (Wildman–Crippen MR) is 80.5 cm³/mol. The Labute approximate surface area is 121 Å². The van der Waals surface area contributed by atoms with Crippen LogP contribution in [-0.4, -0.2) is 24.8 Å². The van der Waals surface area contributed by atoms with Gasteiger partial charge < -0.3 is 10.1 Å². The van der Waals surface area contributed by atoms with Crippen LogP contribution in [0, 0.1) is 12.7 Å². The van der Waals surface area contributed by atoms with Crippen LogP contribution in [0.1, 0.15) is 44.2 Å². The second-order valence-electron chi connectivity index (χ2n) is 5.90. The van der Waals surface area contributed by atoms with Crippen molar-refractivity contribution in [1.29, 1.82) is 0 Å². The molecular formula is C17H26FNO. The molecule has 1 aliphatic rings. The molecule has 112 valence electrons. The molecule has 1 N–H and O–H groups in total. The van der Waals surface area contributed by atoms with Crippen molar-refractivity contribution in [2.24, 2.45) is 0 Å². The second-order valence-corrected chi connectivity index (χ2v) is 5.90. The van der Waals surface area contributed by atoms with E-state index in [0.717, 1.165) is 43.4 Å². The molecule has 0 saturated carbocycles. The molecule has 3 heteroatoms. The highest BCUT2D eigenvalue weighted by molar-refractivity contribution is 5.27. The van der Waals surface area contributed by atoms with Crippen LogP contribution in [0.2, 0.25) is 0 Å². The zero-order valence-electron chi connectivity index (χ0n) is 12.8. The fourth-order valence-corrected chi connectivity index (χ4v) is 2.89. The van der Waals surface area contributed by atoms with Gasteiger partial charge in [-0.15, -0.1) is 0 Å². The van der Waals surface area contributed by atoms with Crippen molar-refractivity contribution in [2.75, 3.05) is 6.54 Å². The Kier molecular flexibility index (Phi) is 5.55. The number of hydrogen-bond acceptors (Lipinski definition) is 2. The summed E-state index contributed by atoms with van der Waals surface area (Å²) in [7, 11) is 0. The number of halogens is 1. The molecule has 0 aliphatic carbocycles. The predicted octanol–water partition coefficient (Wildman–Crippen LogP) is 3.61. The molecule has 3 unspecified atom stereocenters. The average molecular weight is 279 g/mol. The standard InChI is InChI=1S/C17H26FNO/c1-4-9-19-16(17-8-6-13(3)20-17)11-14-10-15(18)7-5-12(14)2/h5,7,10,13,16-17,19H,4,6,8-9,11H2,1-3H3. The lowest BCUT2D eigenvalue weighted by Crippen LogP contribution is -2.42. The number of hydrogen-bond donors (Lipinski definition) is 1. The van der Waals surface area contributed by atoms with Gasteiger partial charge >= 0.3 is 0 Å². The molecule has 2 rings (SSSR count). The van der Waals surface area contributed by atoms with Crippen LogP contribution in [0.5, 0.6) is 0 Å². The summed E-state index contributed by atoms with van der Waals surface area (Å²) < 4.78 is 19.4. The first-order valence-corrected chi connectivity index (χ1v) is 7.74. The Morgan fingerprint density at radius 1 is 1.40 bits per heavy atom. The zero-order chi connectivity index (χ0) is 14.5. The summed E-state index contributed by atoms with van der Waals surface area (Å²) in [5.74, 6) is -0.152. The molecule has 1 aromatic rings. The summed E-state index contributed by atoms with van der Waals surface area (Å²) in [6.45, 7) is 7.32. The van der Waals surface area contributed by atoms with Gasteiger partial charge in [0, 0.05) is 6.04 Å². The second kappa shape index (κ2) is 7.19. The highest BCUT2D eigenvalue weighted by Crippen LogP contribution is 2.24. The Balaban J connectivity index is 2.08. The van der Waals surface area contributed by atoms with Crippen molar-refractivity contribution in [3.05, 3.63) is 35.1 Å². The molecule has 0 radical (unpaired) electrons. The summed E-state index contributed by atoms with van der Waals surface area (Å²) in [4.78, 5) is 0. The fourth-order valence-electron chi connectivity index (χ4n) is 2.89. The van der Waals surface area contributed by atoms with Crippen molar-refractivity contribution in [1.82, 2.24) is 5.32 Å². The minimum absolute atomic E-state index is 0.152. The maximum atomic E-state index is 13.4. The van der Waals surface area contributed by atoms with Gasteiger partial charge in [0.25, 0.3) is 0 Å². The summed E-state index contributed by atoms with van der Waals surface area (Å²) in [5, 5.41) is 3.58. The molecule has 2 nitrogen and oxygen atoms in total. The molecule has 1 saturated heterocycles. The van der Waals surface area contributed by atoms with Crippen molar-refractivity contribution >= 4 is 0 Å². The van der Waals surface area contributed by atoms with E-state index < -0.39 is 0 Å². The van der Waals surface area contributed by atoms with Crippen molar-refractivity contribution in [2.45, 2.75) is 64.7 Å². The summed E-state index contributed by atoms with van der Waals surface area (Å²) in [5.41, 5.74) is 2.24. The first-order chi connectivity index (χ1) is 9.60. The summed E-state index contributed by atoms with van der Waals surface area (Å²) >= 11 is 0. The molecule has 1 aromatic carbocycles. The average Bonchev–Trinajstić information content (AvgIpc) is 2.85. The van der Waals surface area contributed by atoms with Crippen LogP contribution in [0.3, 0.4) is 0 Å². The molecule has 0 bridgehead atoms. The van der Waals surface area contributed by atoms with E-state index in [1.54, 1.807) is 6.07 Å². The summed E-state index contributed by atoms with van der Waals surface area (Å²) in [6, 6.07) is 5.33. The summed E-state index contributed by atoms with van der Waals surface area (Å²) in [6.07, 6.45) is 4.74. The van der Waals surface area contributed by atoms with Crippen molar-refractivity contribution < 1.29 is 9.13 Å². The molecule has 1 heterocycles. The van der Waals surface area contributed by atoms with Gasteiger partial charge in [-0.3, -0.25) is 0 Å². The molecular weight excluding hydrogens is 253 g/mol. The number of nitrogens with one attached hydrogen (secondary N) is 1. The monoisotopic (exact) mass is 279 g/mol. The molecule has 1 fully saturated rings. The zero-order valence-corrected chi connectivity index (χ0v) is 12.8. The van der Waals surface area contributed by atoms with Crippen LogP contribution in [0.4, 0.5) is 4.39 Å². The van der Waals surface area contributed by atoms with Crippen LogP contribution < -0.4 is 5.32 Å². The topological polar surface area (TPSA) is 21.3 Å². The van der Waals surface area contributed by atoms with Crippen LogP contribution in [0.25, 0.3) is 0 Å². The van der Waals surface area contributed by atoms with Crippen LogP contribution in [0.15, 0.2) is 18.2 Å². The van der Waals surface area contributed by atoms with Gasteiger partial charge in [0.1, 0.15) is 5.82 Å². The molecule has 20 heavy (non-hydrogen) atoms. The van der Waals surface area contributed by atoms with Gasteiger partial charge in [-0.25, -0.2) is 4.39 Å². The van der Waals surface area contributed by atoms with Gasteiger partial charge in [0.2, 0.25) is 0 Å². The van der Waals surface area contributed by atoms with Crippen molar-refractivity contribution in [3.8, 4) is 0 Å². The van der Waals surface area contributed by atoms with Crippen LogP contribution >= 0.6 is 0 Å². The van der Waals surface area contributed by atoms with Crippen molar-refractivity contribution in [3.63, 3.8) is 0 Å². The van der Waals surface area contributed by atoms with Gasteiger partial charge in [-0.1, -0.05) is 13.0 Å². The highest BCUT2D eigenvalue weighted by atomic mass is 19.1. The lowest BCUT2D eigenvalue weighted by molar-refractivity contribution is 0.0320. The van der Waals surface area contributed by atoms with Gasteiger partial charge in [0.05, 0.1) is 12.2 Å². The highest BCUT2D eigenvalue weighted by Gasteiger charge is 2.29. The third-order valence-electron chi connectivity index (χ3n) is 4.12. The quantitative estimate of drug-likeness (QED) is 0.859. The SMILES string of the molecule is CCCNC(Cc1cc(F)ccc1C)C1CCC(C)O1. The van der Waals surface area contributed by atoms with Crippen LogP contribution in [-0.2, 0) is 11.2 Å². The van der Waals surface area contributed by atoms with E-state index in [1.807, 2.05) is 13.0 Å². The Hall–Kier alpha value is -0.930. The fraction of sp³-hybridized carbons (Fsp3) is 0.647. The first-order valence-electron chi connectivity index (χ1n) is 7.74. The molecule has 0 amide bonds. The van der Waals surface area contributed by atoms with E-state index in [9.17, 15) is 4.39 Å². The largest absolute Gasteiger partial charge is 0.374 e. The van der Waals surface area contributed by atoms with E-state index in [-0.39, 0.29) is 18.0 Å². The maximum Gasteiger partial charge on any atom is 0.123 e. The molecule has 0 spiro atoms. The van der Waals surface area contributed by atoms with E-state index in [0.29, 0.717) is 6.10 Å². The number of ether oxygens (including phenoxy) is 1. The van der Waals surface area contributed by atoms with Gasteiger partial charge in [-0.2, -0.15) is 0 Å². The minimum atomic E-state index is -0.152. The van der Waals surface area contributed by atoms with E-state index >= 15 is 0 Å². The lowest BCUT2D eigenvalue weighted by Gasteiger charge is -2.25. The number of aryl methyl sites for hydroxylation is 1. The number of rotatable bonds is 6. The van der Waals surface area contributed by atoms with Gasteiger partial charge in [0.15, 0.2) is 0 Å². The smallest absolute Gasteiger partial charge is 0.123 e. The third-order valence-corrected chi connectivity index (χ3v) is 4.12. The van der Waals surface area contributed by atoms with Gasteiger partial charge in [-0.05, 0) is 69.3 Å². The molecule has 3 atom stereocenters. The first kappa shape index (κ1) is 15.5. The normalized spacial score (nSPS) is 24.0. The third kappa shape index (κ3) is 4.03. The Bertz CT molecular complexity index is 435. The molecule has 1 aliphatic heterocycles. The number of benzene rings is 1.